The van der Waals surface area contributed by atoms with Gasteiger partial charge < -0.3 is 15.5 Å². The van der Waals surface area contributed by atoms with Gasteiger partial charge in [0, 0.05) is 58.4 Å². The first-order chi connectivity index (χ1) is 11.1. The molecule has 2 atom stereocenters. The molecule has 2 N–H and O–H groups in total. The quantitative estimate of drug-likeness (QED) is 0.356. The summed E-state index contributed by atoms with van der Waals surface area (Å²) < 4.78 is 0. The number of nitrogens with zero attached hydrogens (tertiary/aromatic N) is 4. The van der Waals surface area contributed by atoms with Crippen molar-refractivity contribution >= 4 is 29.9 Å². The standard InChI is InChI=1S/C17H36N6.HI/c1-5-22-8-6-7-16(22)14-20-17(18-3)19-13-15(2)23-11-9-21(4)10-12-23;/h15-16H,5-14H2,1-4H3,(H2,18,19,20);1H. The van der Waals surface area contributed by atoms with Crippen LogP contribution in [0, 0.1) is 0 Å². The maximum atomic E-state index is 4.38. The average Bonchev–Trinajstić information content (AvgIpc) is 3.03. The molecule has 0 aromatic heterocycles. The lowest BCUT2D eigenvalue weighted by atomic mass is 10.2. The molecule has 0 aromatic rings. The van der Waals surface area contributed by atoms with Gasteiger partial charge >= 0.3 is 0 Å². The SMILES string of the molecule is CCN1CCCC1CNC(=NC)NCC(C)N1CCN(C)CC1.I. The molecular weight excluding hydrogens is 415 g/mol. The van der Waals surface area contributed by atoms with E-state index in [1.807, 2.05) is 7.05 Å². The zero-order valence-corrected chi connectivity index (χ0v) is 18.3. The highest BCUT2D eigenvalue weighted by atomic mass is 127. The van der Waals surface area contributed by atoms with Crippen LogP contribution in [0.15, 0.2) is 4.99 Å². The van der Waals surface area contributed by atoms with E-state index in [-0.39, 0.29) is 24.0 Å². The molecule has 2 unspecified atom stereocenters. The molecule has 2 aliphatic heterocycles. The summed E-state index contributed by atoms with van der Waals surface area (Å²) in [6.45, 7) is 13.6. The molecule has 0 saturated carbocycles. The van der Waals surface area contributed by atoms with Crippen LogP contribution in [0.5, 0.6) is 0 Å². The summed E-state index contributed by atoms with van der Waals surface area (Å²) in [5.74, 6) is 0.939. The number of likely N-dealkylation sites (N-methyl/N-ethyl adjacent to an activating group) is 2. The van der Waals surface area contributed by atoms with Crippen molar-refractivity contribution in [1.82, 2.24) is 25.3 Å². The van der Waals surface area contributed by atoms with Crippen LogP contribution in [0.4, 0.5) is 0 Å². The topological polar surface area (TPSA) is 46.1 Å². The van der Waals surface area contributed by atoms with Crippen molar-refractivity contribution in [2.24, 2.45) is 4.99 Å². The number of halogens is 1. The van der Waals surface area contributed by atoms with Gasteiger partial charge in [-0.2, -0.15) is 0 Å². The highest BCUT2D eigenvalue weighted by Gasteiger charge is 2.23. The second-order valence-corrected chi connectivity index (χ2v) is 6.95. The molecule has 0 bridgehead atoms. The molecule has 2 saturated heterocycles. The Morgan fingerprint density at radius 3 is 2.50 bits per heavy atom. The lowest BCUT2D eigenvalue weighted by Crippen LogP contribution is -2.53. The van der Waals surface area contributed by atoms with Crippen LogP contribution in [0.25, 0.3) is 0 Å². The third kappa shape index (κ3) is 6.65. The van der Waals surface area contributed by atoms with E-state index in [0.29, 0.717) is 12.1 Å². The molecule has 2 heterocycles. The van der Waals surface area contributed by atoms with Gasteiger partial charge in [0.15, 0.2) is 5.96 Å². The summed E-state index contributed by atoms with van der Waals surface area (Å²) in [7, 11) is 4.07. The fraction of sp³-hybridized carbons (Fsp3) is 0.941. The fourth-order valence-electron chi connectivity index (χ4n) is 3.61. The third-order valence-corrected chi connectivity index (χ3v) is 5.36. The summed E-state index contributed by atoms with van der Waals surface area (Å²) >= 11 is 0. The van der Waals surface area contributed by atoms with Gasteiger partial charge in [0.25, 0.3) is 0 Å². The Kier molecular flexibility index (Phi) is 10.5. The minimum absolute atomic E-state index is 0. The molecule has 142 valence electrons. The van der Waals surface area contributed by atoms with Crippen molar-refractivity contribution in [2.75, 3.05) is 66.5 Å². The van der Waals surface area contributed by atoms with Gasteiger partial charge in [-0.15, -0.1) is 24.0 Å². The van der Waals surface area contributed by atoms with Gasteiger partial charge in [0.2, 0.25) is 0 Å². The van der Waals surface area contributed by atoms with Crippen molar-refractivity contribution < 1.29 is 0 Å². The van der Waals surface area contributed by atoms with Crippen LogP contribution in [-0.2, 0) is 0 Å². The Balaban J connectivity index is 0.00000288. The van der Waals surface area contributed by atoms with Crippen LogP contribution in [-0.4, -0.2) is 99.2 Å². The van der Waals surface area contributed by atoms with Gasteiger partial charge in [-0.1, -0.05) is 6.92 Å². The van der Waals surface area contributed by atoms with Crippen LogP contribution >= 0.6 is 24.0 Å². The minimum atomic E-state index is 0. The lowest BCUT2D eigenvalue weighted by Gasteiger charge is -2.36. The summed E-state index contributed by atoms with van der Waals surface area (Å²) in [4.78, 5) is 11.9. The van der Waals surface area contributed by atoms with Crippen LogP contribution in [0.3, 0.4) is 0 Å². The predicted molar refractivity (Wildman–Crippen MR) is 114 cm³/mol. The summed E-state index contributed by atoms with van der Waals surface area (Å²) in [6, 6.07) is 1.20. The first-order valence-corrected chi connectivity index (χ1v) is 9.25. The Labute approximate surface area is 165 Å². The largest absolute Gasteiger partial charge is 0.355 e. The van der Waals surface area contributed by atoms with Crippen LogP contribution < -0.4 is 10.6 Å². The third-order valence-electron chi connectivity index (χ3n) is 5.36. The van der Waals surface area contributed by atoms with Crippen molar-refractivity contribution in [3.8, 4) is 0 Å². The van der Waals surface area contributed by atoms with E-state index in [1.54, 1.807) is 0 Å². The van der Waals surface area contributed by atoms with E-state index in [9.17, 15) is 0 Å². The molecule has 6 nitrogen and oxygen atoms in total. The van der Waals surface area contributed by atoms with E-state index >= 15 is 0 Å². The molecule has 0 spiro atoms. The number of nitrogens with one attached hydrogen (secondary N) is 2. The zero-order valence-electron chi connectivity index (χ0n) is 15.9. The highest BCUT2D eigenvalue weighted by Crippen LogP contribution is 2.15. The number of guanidine groups is 1. The average molecular weight is 452 g/mol. The smallest absolute Gasteiger partial charge is 0.191 e. The van der Waals surface area contributed by atoms with E-state index in [0.717, 1.165) is 25.6 Å². The molecule has 0 aliphatic carbocycles. The van der Waals surface area contributed by atoms with E-state index in [1.165, 1.54) is 45.6 Å². The summed E-state index contributed by atoms with van der Waals surface area (Å²) in [5, 5.41) is 7.01. The van der Waals surface area contributed by atoms with Crippen molar-refractivity contribution in [3.05, 3.63) is 0 Å². The number of hydrogen-bond acceptors (Lipinski definition) is 4. The number of aliphatic imine (C=N–C) groups is 1. The summed E-state index contributed by atoms with van der Waals surface area (Å²) in [6.07, 6.45) is 2.63. The second kappa shape index (κ2) is 11.5. The van der Waals surface area contributed by atoms with Crippen molar-refractivity contribution in [1.29, 1.82) is 0 Å². The van der Waals surface area contributed by atoms with Gasteiger partial charge in [-0.05, 0) is 39.9 Å². The van der Waals surface area contributed by atoms with Crippen molar-refractivity contribution in [2.45, 2.75) is 38.8 Å². The molecule has 2 aliphatic rings. The number of likely N-dealkylation sites (tertiary alicyclic amines) is 1. The van der Waals surface area contributed by atoms with Gasteiger partial charge in [-0.25, -0.2) is 0 Å². The van der Waals surface area contributed by atoms with E-state index in [2.05, 4.69) is 51.2 Å². The predicted octanol–water partition coefficient (Wildman–Crippen LogP) is 0.890. The molecular formula is C17H37IN6. The second-order valence-electron chi connectivity index (χ2n) is 6.95. The molecule has 2 rings (SSSR count). The Bertz CT molecular complexity index is 370. The van der Waals surface area contributed by atoms with Gasteiger partial charge in [0.05, 0.1) is 0 Å². The number of piperazine rings is 1. The van der Waals surface area contributed by atoms with Gasteiger partial charge in [0.1, 0.15) is 0 Å². The lowest BCUT2D eigenvalue weighted by molar-refractivity contribution is 0.120. The van der Waals surface area contributed by atoms with E-state index < -0.39 is 0 Å². The fourth-order valence-corrected chi connectivity index (χ4v) is 3.61. The maximum Gasteiger partial charge on any atom is 0.191 e. The number of rotatable bonds is 6. The number of hydrogen-bond donors (Lipinski definition) is 2. The van der Waals surface area contributed by atoms with E-state index in [4.69, 9.17) is 0 Å². The van der Waals surface area contributed by atoms with Crippen molar-refractivity contribution in [3.63, 3.8) is 0 Å². The monoisotopic (exact) mass is 452 g/mol. The zero-order chi connectivity index (χ0) is 16.7. The van der Waals surface area contributed by atoms with Crippen LogP contribution in [0.2, 0.25) is 0 Å². The Morgan fingerprint density at radius 1 is 1.17 bits per heavy atom. The van der Waals surface area contributed by atoms with Crippen LogP contribution in [0.1, 0.15) is 26.7 Å². The summed E-state index contributed by atoms with van der Waals surface area (Å²) in [5.41, 5.74) is 0. The Morgan fingerprint density at radius 2 is 1.88 bits per heavy atom. The molecule has 0 amide bonds. The molecule has 7 heteroatoms. The molecule has 24 heavy (non-hydrogen) atoms. The first-order valence-electron chi connectivity index (χ1n) is 9.25. The minimum Gasteiger partial charge on any atom is -0.355 e. The highest BCUT2D eigenvalue weighted by molar-refractivity contribution is 14.0. The maximum absolute atomic E-state index is 4.38. The molecule has 0 aromatic carbocycles. The van der Waals surface area contributed by atoms with Gasteiger partial charge in [-0.3, -0.25) is 14.8 Å². The molecule has 2 fully saturated rings. The molecule has 0 radical (unpaired) electrons. The normalized spacial score (nSPS) is 25.3. The first kappa shape index (κ1) is 21.9. The Hall–Kier alpha value is -0.120.